The molecule has 1 aromatic rings. The van der Waals surface area contributed by atoms with E-state index in [2.05, 4.69) is 0 Å². The van der Waals surface area contributed by atoms with Crippen molar-refractivity contribution in [2.45, 2.75) is 24.2 Å². The van der Waals surface area contributed by atoms with Gasteiger partial charge in [-0.3, -0.25) is 0 Å². The lowest BCUT2D eigenvalue weighted by molar-refractivity contribution is 0.0488. The normalized spacial score (nSPS) is 15.2. The largest absolute Gasteiger partial charge is 0.462 e. The Labute approximate surface area is 119 Å². The lowest BCUT2D eigenvalue weighted by Gasteiger charge is -2.07. The molecule has 1 aliphatic carbocycles. The van der Waals surface area contributed by atoms with Gasteiger partial charge in [0.15, 0.2) is 5.82 Å². The number of hydrogen-bond acceptors (Lipinski definition) is 4. The predicted molar refractivity (Wildman–Crippen MR) is 67.0 cm³/mol. The number of halogens is 3. The third kappa shape index (κ3) is 3.67. The summed E-state index contributed by atoms with van der Waals surface area (Å²) in [6.45, 7) is 0.0857. The van der Waals surface area contributed by atoms with E-state index in [1.54, 1.807) is 0 Å². The van der Waals surface area contributed by atoms with Gasteiger partial charge in [-0.1, -0.05) is 12.8 Å². The van der Waals surface area contributed by atoms with Crippen LogP contribution in [0.5, 0.6) is 0 Å². The number of carbonyl (C=O) groups is 1. The Hall–Kier alpha value is -1.21. The summed E-state index contributed by atoms with van der Waals surface area (Å²) in [6, 6.07) is 0.999. The molecule has 0 spiro atoms. The first kappa shape index (κ1) is 15.2. The van der Waals surface area contributed by atoms with Gasteiger partial charge < -0.3 is 4.74 Å². The van der Waals surface area contributed by atoms with Gasteiger partial charge in [0.25, 0.3) is 9.05 Å². The molecule has 0 aliphatic heterocycles. The molecule has 1 aliphatic rings. The van der Waals surface area contributed by atoms with E-state index in [9.17, 15) is 22.0 Å². The Morgan fingerprint density at radius 2 is 2.00 bits per heavy atom. The maximum Gasteiger partial charge on any atom is 0.341 e. The van der Waals surface area contributed by atoms with Gasteiger partial charge in [-0.15, -0.1) is 0 Å². The van der Waals surface area contributed by atoms with Crippen LogP contribution in [0.15, 0.2) is 17.0 Å². The Balaban J connectivity index is 2.21. The fourth-order valence-corrected chi connectivity index (χ4v) is 2.61. The van der Waals surface area contributed by atoms with Gasteiger partial charge in [0.05, 0.1) is 12.2 Å². The van der Waals surface area contributed by atoms with Crippen LogP contribution in [-0.4, -0.2) is 21.0 Å². The molecule has 4 nitrogen and oxygen atoms in total. The molecule has 2 rings (SSSR count). The van der Waals surface area contributed by atoms with E-state index >= 15 is 0 Å². The van der Waals surface area contributed by atoms with E-state index in [1.807, 2.05) is 0 Å². The van der Waals surface area contributed by atoms with E-state index < -0.39 is 37.1 Å². The Morgan fingerprint density at radius 1 is 1.35 bits per heavy atom. The van der Waals surface area contributed by atoms with E-state index in [0.29, 0.717) is 24.5 Å². The SMILES string of the molecule is O=C(OCCC1CC1)c1cc(F)cc(S(=O)(=O)Cl)c1F. The second-order valence-corrected chi connectivity index (χ2v) is 7.11. The van der Waals surface area contributed by atoms with Gasteiger partial charge in [-0.05, 0) is 24.5 Å². The second kappa shape index (κ2) is 5.65. The molecule has 1 aromatic carbocycles. The molecule has 0 N–H and O–H groups in total. The minimum atomic E-state index is -4.49. The molecular formula is C12H11ClF2O4S. The lowest BCUT2D eigenvalue weighted by atomic mass is 10.2. The number of rotatable bonds is 5. The van der Waals surface area contributed by atoms with Crippen LogP contribution in [-0.2, 0) is 13.8 Å². The zero-order chi connectivity index (χ0) is 14.9. The van der Waals surface area contributed by atoms with Gasteiger partial charge in [-0.2, -0.15) is 0 Å². The molecule has 0 amide bonds. The highest BCUT2D eigenvalue weighted by Gasteiger charge is 2.26. The summed E-state index contributed by atoms with van der Waals surface area (Å²) in [5.41, 5.74) is -0.778. The Morgan fingerprint density at radius 3 is 2.55 bits per heavy atom. The molecule has 0 unspecified atom stereocenters. The lowest BCUT2D eigenvalue weighted by Crippen LogP contribution is -2.12. The summed E-state index contributed by atoms with van der Waals surface area (Å²) >= 11 is 0. The first-order chi connectivity index (χ1) is 9.29. The molecule has 8 heteroatoms. The summed E-state index contributed by atoms with van der Waals surface area (Å²) in [7, 11) is 0.494. The molecule has 0 atom stereocenters. The minimum absolute atomic E-state index is 0.0857. The maximum atomic E-state index is 13.9. The van der Waals surface area contributed by atoms with Crippen molar-refractivity contribution in [1.29, 1.82) is 0 Å². The summed E-state index contributed by atoms with van der Waals surface area (Å²) in [5, 5.41) is 0. The highest BCUT2D eigenvalue weighted by atomic mass is 35.7. The average Bonchev–Trinajstić information content (AvgIpc) is 3.14. The van der Waals surface area contributed by atoms with E-state index in [-0.39, 0.29) is 6.61 Å². The van der Waals surface area contributed by atoms with Gasteiger partial charge in [-0.25, -0.2) is 22.0 Å². The molecule has 20 heavy (non-hydrogen) atoms. The third-order valence-electron chi connectivity index (χ3n) is 2.94. The van der Waals surface area contributed by atoms with Crippen molar-refractivity contribution in [1.82, 2.24) is 0 Å². The molecule has 0 bridgehead atoms. The fraction of sp³-hybridized carbons (Fsp3) is 0.417. The smallest absolute Gasteiger partial charge is 0.341 e. The van der Waals surface area contributed by atoms with Crippen LogP contribution in [0.25, 0.3) is 0 Å². The quantitative estimate of drug-likeness (QED) is 0.617. The summed E-state index contributed by atoms with van der Waals surface area (Å²) in [6.07, 6.45) is 2.80. The molecule has 1 saturated carbocycles. The molecule has 0 saturated heterocycles. The monoisotopic (exact) mass is 324 g/mol. The van der Waals surface area contributed by atoms with Gasteiger partial charge in [0.1, 0.15) is 10.7 Å². The van der Waals surface area contributed by atoms with Crippen molar-refractivity contribution in [2.75, 3.05) is 6.61 Å². The van der Waals surface area contributed by atoms with Crippen molar-refractivity contribution in [3.8, 4) is 0 Å². The second-order valence-electron chi connectivity index (χ2n) is 4.57. The maximum absolute atomic E-state index is 13.9. The van der Waals surface area contributed by atoms with Crippen molar-refractivity contribution in [3.05, 3.63) is 29.3 Å². The summed E-state index contributed by atoms with van der Waals surface area (Å²) < 4.78 is 54.1. The van der Waals surface area contributed by atoms with Crippen LogP contribution in [0.1, 0.15) is 29.6 Å². The zero-order valence-electron chi connectivity index (χ0n) is 10.2. The number of hydrogen-bond donors (Lipinski definition) is 0. The standard InChI is InChI=1S/C12H11ClF2O4S/c13-20(17,18)10-6-8(14)5-9(11(10)15)12(16)19-4-3-7-1-2-7/h5-7H,1-4H2. The summed E-state index contributed by atoms with van der Waals surface area (Å²) in [5.74, 6) is -3.08. The first-order valence-corrected chi connectivity index (χ1v) is 8.21. The number of esters is 1. The molecule has 0 radical (unpaired) electrons. The highest BCUT2D eigenvalue weighted by molar-refractivity contribution is 8.13. The van der Waals surface area contributed by atoms with Crippen LogP contribution in [0.3, 0.4) is 0 Å². The van der Waals surface area contributed by atoms with Crippen LogP contribution >= 0.6 is 10.7 Å². The van der Waals surface area contributed by atoms with Gasteiger partial charge in [0.2, 0.25) is 0 Å². The number of ether oxygens (including phenoxy) is 1. The van der Waals surface area contributed by atoms with Crippen molar-refractivity contribution in [2.24, 2.45) is 5.92 Å². The third-order valence-corrected chi connectivity index (χ3v) is 4.26. The highest BCUT2D eigenvalue weighted by Crippen LogP contribution is 2.32. The van der Waals surface area contributed by atoms with Crippen LogP contribution in [0.2, 0.25) is 0 Å². The van der Waals surface area contributed by atoms with Crippen LogP contribution in [0, 0.1) is 17.6 Å². The zero-order valence-corrected chi connectivity index (χ0v) is 11.8. The molecular weight excluding hydrogens is 314 g/mol. The number of benzene rings is 1. The van der Waals surface area contributed by atoms with Crippen LogP contribution in [0.4, 0.5) is 8.78 Å². The topological polar surface area (TPSA) is 60.4 Å². The van der Waals surface area contributed by atoms with Gasteiger partial charge >= 0.3 is 5.97 Å². The summed E-state index contributed by atoms with van der Waals surface area (Å²) in [4.78, 5) is 10.6. The van der Waals surface area contributed by atoms with E-state index in [4.69, 9.17) is 15.4 Å². The fourth-order valence-electron chi connectivity index (χ4n) is 1.69. The van der Waals surface area contributed by atoms with Crippen LogP contribution < -0.4 is 0 Å². The first-order valence-electron chi connectivity index (χ1n) is 5.90. The Kier molecular flexibility index (Phi) is 4.29. The molecule has 0 heterocycles. The van der Waals surface area contributed by atoms with Crippen molar-refractivity contribution in [3.63, 3.8) is 0 Å². The van der Waals surface area contributed by atoms with Gasteiger partial charge in [0, 0.05) is 10.7 Å². The van der Waals surface area contributed by atoms with E-state index in [0.717, 1.165) is 12.8 Å². The number of carbonyl (C=O) groups excluding carboxylic acids is 1. The van der Waals surface area contributed by atoms with Crippen molar-refractivity contribution < 1.29 is 26.7 Å². The Bertz CT molecular complexity index is 641. The molecule has 0 aromatic heterocycles. The minimum Gasteiger partial charge on any atom is -0.462 e. The van der Waals surface area contributed by atoms with Crippen molar-refractivity contribution >= 4 is 25.7 Å². The molecule has 110 valence electrons. The van der Waals surface area contributed by atoms with E-state index in [1.165, 1.54) is 0 Å². The average molecular weight is 325 g/mol. The predicted octanol–water partition coefficient (Wildman–Crippen LogP) is 2.85. The molecule has 1 fully saturated rings.